The van der Waals surface area contributed by atoms with Gasteiger partial charge in [0, 0.05) is 44.4 Å². The van der Waals surface area contributed by atoms with Crippen LogP contribution in [-0.4, -0.2) is 74.4 Å². The van der Waals surface area contributed by atoms with Crippen LogP contribution in [0, 0.1) is 11.8 Å². The number of aliphatic hydroxyl groups excluding tert-OH is 1. The standard InChI is InChI=1S/C29H41N3O8/c1-15-11-19-24(31-5)21(33)14-20(26(19)35)32-28(36)16(2)9-8-10-22(38-6)27(40-29(30)37)18(4)13-17(3)25(34)23(12-15)39-7/h8-10,13-15,17,22-23,25,27,31,34H,11-12H2,1-7H3,(H2,30,37)(H,32,36)/b10-8-,16-9+,18-13+/t15-,17+,22+,23?,25-,27+/m1/s1. The van der Waals surface area contributed by atoms with Crippen LogP contribution in [0.25, 0.3) is 0 Å². The number of carbonyl (C=O) groups excluding carboxylic acids is 4. The van der Waals surface area contributed by atoms with E-state index in [1.807, 2.05) is 6.92 Å². The van der Waals surface area contributed by atoms with Crippen LogP contribution < -0.4 is 16.4 Å². The van der Waals surface area contributed by atoms with Crippen molar-refractivity contribution >= 4 is 23.6 Å². The molecule has 0 saturated heterocycles. The van der Waals surface area contributed by atoms with Gasteiger partial charge >= 0.3 is 6.09 Å². The SMILES string of the molecule is CNC1=C2C[C@@H](C)CC(OC)[C@H](O)[C@@H](C)/C=C(\C)[C@H](OC(N)=O)[C@@H](OC)/C=C\C=C(/C)C(=O)NC(=CC1=O)C2=O. The number of hydrogen-bond acceptors (Lipinski definition) is 9. The summed E-state index contributed by atoms with van der Waals surface area (Å²) in [5.41, 5.74) is 6.47. The Balaban J connectivity index is 2.60. The fourth-order valence-electron chi connectivity index (χ4n) is 4.86. The lowest BCUT2D eigenvalue weighted by Crippen LogP contribution is -2.37. The first-order chi connectivity index (χ1) is 18.8. The Bertz CT molecular complexity index is 1150. The van der Waals surface area contributed by atoms with Crippen molar-refractivity contribution in [3.05, 3.63) is 58.5 Å². The van der Waals surface area contributed by atoms with Crippen molar-refractivity contribution in [3.63, 3.8) is 0 Å². The normalized spacial score (nSPS) is 32.7. The van der Waals surface area contributed by atoms with E-state index in [4.69, 9.17) is 19.9 Å². The molecule has 0 radical (unpaired) electrons. The molecule has 2 bridgehead atoms. The maximum atomic E-state index is 13.4. The van der Waals surface area contributed by atoms with Crippen molar-refractivity contribution in [1.29, 1.82) is 0 Å². The number of ether oxygens (including phenoxy) is 3. The van der Waals surface area contributed by atoms with Gasteiger partial charge in [-0.2, -0.15) is 0 Å². The highest BCUT2D eigenvalue weighted by atomic mass is 16.6. The Kier molecular flexibility index (Phi) is 12.0. The molecule has 0 fully saturated rings. The number of aliphatic hydroxyl groups is 1. The summed E-state index contributed by atoms with van der Waals surface area (Å²) in [4.78, 5) is 50.7. The molecular formula is C29H41N3O8. The van der Waals surface area contributed by atoms with Crippen LogP contribution in [0.1, 0.15) is 40.5 Å². The van der Waals surface area contributed by atoms with Crippen molar-refractivity contribution < 1.29 is 38.5 Å². The molecule has 6 atom stereocenters. The highest BCUT2D eigenvalue weighted by Gasteiger charge is 2.33. The molecule has 2 aliphatic rings. The first-order valence-corrected chi connectivity index (χ1v) is 13.1. The van der Waals surface area contributed by atoms with E-state index < -0.39 is 53.9 Å². The van der Waals surface area contributed by atoms with Crippen LogP contribution in [0.5, 0.6) is 0 Å². The molecule has 1 heterocycles. The molecule has 11 nitrogen and oxygen atoms in total. The quantitative estimate of drug-likeness (QED) is 0.297. The van der Waals surface area contributed by atoms with Gasteiger partial charge in [0.1, 0.15) is 6.10 Å². The number of primary amides is 1. The number of nitrogens with one attached hydrogen (secondary N) is 2. The fourth-order valence-corrected chi connectivity index (χ4v) is 4.86. The van der Waals surface area contributed by atoms with Crippen LogP contribution in [0.2, 0.25) is 0 Å². The molecule has 40 heavy (non-hydrogen) atoms. The highest BCUT2D eigenvalue weighted by molar-refractivity contribution is 6.23. The molecule has 2 amide bonds. The van der Waals surface area contributed by atoms with Gasteiger partial charge in [-0.25, -0.2) is 4.79 Å². The lowest BCUT2D eigenvalue weighted by Gasteiger charge is -2.30. The van der Waals surface area contributed by atoms with Crippen LogP contribution >= 0.6 is 0 Å². The van der Waals surface area contributed by atoms with E-state index >= 15 is 0 Å². The third kappa shape index (κ3) is 8.23. The van der Waals surface area contributed by atoms with Crippen LogP contribution in [0.3, 0.4) is 0 Å². The van der Waals surface area contributed by atoms with Gasteiger partial charge in [-0.1, -0.05) is 38.2 Å². The zero-order valence-electron chi connectivity index (χ0n) is 24.1. The number of amides is 2. The summed E-state index contributed by atoms with van der Waals surface area (Å²) in [5.74, 6) is -2.06. The van der Waals surface area contributed by atoms with E-state index in [2.05, 4.69) is 10.6 Å². The third-order valence-corrected chi connectivity index (χ3v) is 7.04. The summed E-state index contributed by atoms with van der Waals surface area (Å²) in [7, 11) is 4.48. The number of methoxy groups -OCH3 is 2. The predicted molar refractivity (Wildman–Crippen MR) is 149 cm³/mol. The van der Waals surface area contributed by atoms with Gasteiger partial charge in [-0.15, -0.1) is 0 Å². The zero-order chi connectivity index (χ0) is 30.1. The summed E-state index contributed by atoms with van der Waals surface area (Å²) in [6, 6.07) is 0. The molecule has 220 valence electrons. The third-order valence-electron chi connectivity index (χ3n) is 7.04. The molecule has 11 heteroatoms. The van der Waals surface area contributed by atoms with E-state index in [0.29, 0.717) is 12.0 Å². The zero-order valence-corrected chi connectivity index (χ0v) is 24.1. The number of nitrogens with two attached hydrogens (primary N) is 1. The van der Waals surface area contributed by atoms with Gasteiger partial charge in [0.05, 0.1) is 23.6 Å². The van der Waals surface area contributed by atoms with Gasteiger partial charge in [0.15, 0.2) is 6.10 Å². The smallest absolute Gasteiger partial charge is 0.405 e. The maximum Gasteiger partial charge on any atom is 0.405 e. The number of fused-ring (bicyclic) bond motifs is 2. The molecule has 0 aromatic rings. The Morgan fingerprint density at radius 2 is 1.82 bits per heavy atom. The first-order valence-electron chi connectivity index (χ1n) is 13.1. The molecule has 1 aliphatic carbocycles. The second-order valence-electron chi connectivity index (χ2n) is 10.2. The summed E-state index contributed by atoms with van der Waals surface area (Å²) in [6.45, 7) is 6.98. The van der Waals surface area contributed by atoms with Crippen molar-refractivity contribution in [2.75, 3.05) is 21.3 Å². The van der Waals surface area contributed by atoms with Crippen LogP contribution in [-0.2, 0) is 28.6 Å². The fraction of sp³-hybridized carbons (Fsp3) is 0.517. The monoisotopic (exact) mass is 559 g/mol. The summed E-state index contributed by atoms with van der Waals surface area (Å²) in [5, 5.41) is 16.5. The van der Waals surface area contributed by atoms with Gasteiger partial charge in [-0.05, 0) is 38.2 Å². The van der Waals surface area contributed by atoms with E-state index in [-0.39, 0.29) is 34.9 Å². The average molecular weight is 560 g/mol. The van der Waals surface area contributed by atoms with Crippen molar-refractivity contribution in [2.24, 2.45) is 17.6 Å². The number of rotatable bonds is 4. The molecule has 1 unspecified atom stereocenters. The van der Waals surface area contributed by atoms with Gasteiger partial charge in [0.25, 0.3) is 5.91 Å². The summed E-state index contributed by atoms with van der Waals surface area (Å²) in [6.07, 6.45) is 3.86. The second-order valence-corrected chi connectivity index (χ2v) is 10.2. The molecule has 0 aromatic heterocycles. The highest BCUT2D eigenvalue weighted by Crippen LogP contribution is 2.28. The average Bonchev–Trinajstić information content (AvgIpc) is 2.90. The molecular weight excluding hydrogens is 518 g/mol. The first kappa shape index (κ1) is 32.7. The largest absolute Gasteiger partial charge is 0.439 e. The Morgan fingerprint density at radius 1 is 1.15 bits per heavy atom. The van der Waals surface area contributed by atoms with Crippen LogP contribution in [0.4, 0.5) is 4.79 Å². The van der Waals surface area contributed by atoms with Crippen LogP contribution in [0.15, 0.2) is 58.5 Å². The number of Topliss-reactive ketones (excluding diaryl/α,β-unsaturated/α-hetero) is 1. The van der Waals surface area contributed by atoms with Crippen molar-refractivity contribution in [2.45, 2.75) is 65.0 Å². The number of carbonyl (C=O) groups is 4. The molecule has 1 aliphatic heterocycles. The predicted octanol–water partition coefficient (Wildman–Crippen LogP) is 1.98. The Labute approximate surface area is 235 Å². The van der Waals surface area contributed by atoms with Crippen molar-refractivity contribution in [3.8, 4) is 0 Å². The van der Waals surface area contributed by atoms with E-state index in [9.17, 15) is 24.3 Å². The summed E-state index contributed by atoms with van der Waals surface area (Å²) < 4.78 is 16.5. The Morgan fingerprint density at radius 3 is 2.40 bits per heavy atom. The molecule has 2 rings (SSSR count). The topological polar surface area (TPSA) is 166 Å². The van der Waals surface area contributed by atoms with E-state index in [1.165, 1.54) is 20.3 Å². The molecule has 0 saturated carbocycles. The number of ketones is 2. The minimum atomic E-state index is -0.997. The molecule has 5 N–H and O–H groups in total. The maximum absolute atomic E-state index is 13.4. The minimum absolute atomic E-state index is 0.118. The van der Waals surface area contributed by atoms with Gasteiger partial charge in [-0.3, -0.25) is 14.4 Å². The number of allylic oxidation sites excluding steroid dienone is 4. The number of likely N-dealkylation sites (N-methyl/N-ethyl adjacent to an activating group) is 1. The lowest BCUT2D eigenvalue weighted by atomic mass is 9.85. The van der Waals surface area contributed by atoms with E-state index in [1.54, 1.807) is 46.0 Å². The van der Waals surface area contributed by atoms with Gasteiger partial charge < -0.3 is 35.7 Å². The summed E-state index contributed by atoms with van der Waals surface area (Å²) >= 11 is 0. The van der Waals surface area contributed by atoms with Crippen molar-refractivity contribution in [1.82, 2.24) is 10.6 Å². The molecule has 0 aromatic carbocycles. The second kappa shape index (κ2) is 14.7. The van der Waals surface area contributed by atoms with E-state index in [0.717, 1.165) is 6.08 Å². The van der Waals surface area contributed by atoms with Gasteiger partial charge in [0.2, 0.25) is 11.6 Å². The lowest BCUT2D eigenvalue weighted by molar-refractivity contribution is -0.120. The molecule has 0 spiro atoms. The Hall–Kier alpha value is -3.54. The minimum Gasteiger partial charge on any atom is -0.439 e. The number of hydrogen-bond donors (Lipinski definition) is 4.